The number of fused-ring (bicyclic) bond motifs is 7. The van der Waals surface area contributed by atoms with Crippen molar-refractivity contribution in [3.05, 3.63) is 162 Å². The van der Waals surface area contributed by atoms with E-state index in [2.05, 4.69) is 232 Å². The molecule has 0 saturated heterocycles. The van der Waals surface area contributed by atoms with E-state index in [4.69, 9.17) is 0 Å². The van der Waals surface area contributed by atoms with Crippen molar-refractivity contribution >= 4 is 88.7 Å². The lowest BCUT2D eigenvalue weighted by atomic mass is 9.33. The first-order chi connectivity index (χ1) is 31.5. The first-order valence-electron chi connectivity index (χ1n) is 24.7. The van der Waals surface area contributed by atoms with Crippen molar-refractivity contribution in [2.24, 2.45) is 0 Å². The van der Waals surface area contributed by atoms with Crippen molar-refractivity contribution in [2.75, 3.05) is 9.80 Å². The van der Waals surface area contributed by atoms with Crippen LogP contribution in [0.3, 0.4) is 0 Å². The fourth-order valence-corrected chi connectivity index (χ4v) is 11.8. The molecule has 0 saturated carbocycles. The smallest absolute Gasteiger partial charge is 0.252 e. The van der Waals surface area contributed by atoms with Crippen LogP contribution in [0.25, 0.3) is 31.3 Å². The highest BCUT2D eigenvalue weighted by Crippen LogP contribution is 2.50. The van der Waals surface area contributed by atoms with Crippen molar-refractivity contribution in [3.63, 3.8) is 0 Å². The van der Waals surface area contributed by atoms with Crippen LogP contribution in [0.4, 0.5) is 34.1 Å². The largest absolute Gasteiger partial charge is 0.311 e. The zero-order valence-electron chi connectivity index (χ0n) is 41.5. The predicted octanol–water partition coefficient (Wildman–Crippen LogP) is 16.6. The maximum absolute atomic E-state index is 2.65. The molecule has 66 heavy (non-hydrogen) atoms. The maximum atomic E-state index is 2.65. The van der Waals surface area contributed by atoms with Crippen LogP contribution in [-0.2, 0) is 21.7 Å². The highest BCUT2D eigenvalue weighted by molar-refractivity contribution is 7.26. The van der Waals surface area contributed by atoms with Gasteiger partial charge in [-0.1, -0.05) is 168 Å². The average molecular weight is 883 g/mol. The highest BCUT2D eigenvalue weighted by Gasteiger charge is 2.45. The lowest BCUT2D eigenvalue weighted by Crippen LogP contribution is -2.61. The van der Waals surface area contributed by atoms with E-state index in [1.165, 1.54) is 104 Å². The normalized spacial score (nSPS) is 13.9. The van der Waals surface area contributed by atoms with E-state index in [0.717, 1.165) is 25.7 Å². The molecule has 8 aromatic rings. The number of nitrogens with zero attached hydrogens (tertiary/aromatic N) is 2. The summed E-state index contributed by atoms with van der Waals surface area (Å²) in [4.78, 5) is 5.22. The summed E-state index contributed by atoms with van der Waals surface area (Å²) in [5.74, 6) is 0. The summed E-state index contributed by atoms with van der Waals surface area (Å²) in [6.07, 6.45) is 4.27. The monoisotopic (exact) mass is 883 g/mol. The number of hydrogen-bond acceptors (Lipinski definition) is 3. The van der Waals surface area contributed by atoms with Gasteiger partial charge in [0.2, 0.25) is 0 Å². The molecule has 2 nitrogen and oxygen atoms in total. The fraction of sp³-hybridized carbons (Fsp3) is 0.323. The Balaban J connectivity index is 1.30. The van der Waals surface area contributed by atoms with Gasteiger partial charge in [-0.2, -0.15) is 0 Å². The van der Waals surface area contributed by atoms with E-state index in [1.807, 2.05) is 11.3 Å². The van der Waals surface area contributed by atoms with Crippen molar-refractivity contribution in [2.45, 2.75) is 130 Å². The van der Waals surface area contributed by atoms with Crippen LogP contribution < -0.4 is 26.2 Å². The molecule has 7 aromatic carbocycles. The molecule has 0 N–H and O–H groups in total. The standard InChI is InChI=1S/C62H67BN2S/c1-13-59(5,6)40-27-32-44(33-28-40)64-52-35-30-42(61(9,10)15-3)38-49(52)63-50-39-43(62(11,12)16-4)31-36-53(50)65(55-25-20-24-54(64)57(55)63)51-34-29-41(60(7,8)14-2)37-48(51)47-23-19-22-46-45-21-17-18-26-56(45)66-58(46)47/h17-39H,13-16H2,1-12H3. The second kappa shape index (κ2) is 16.0. The van der Waals surface area contributed by atoms with Gasteiger partial charge in [0.1, 0.15) is 0 Å². The molecule has 4 heteroatoms. The molecule has 2 aliphatic heterocycles. The highest BCUT2D eigenvalue weighted by atomic mass is 32.1. The summed E-state index contributed by atoms with van der Waals surface area (Å²) in [6, 6.07) is 54.8. The summed E-state index contributed by atoms with van der Waals surface area (Å²) in [5, 5.41) is 2.66. The third-order valence-electron chi connectivity index (χ3n) is 16.7. The van der Waals surface area contributed by atoms with E-state index in [0.29, 0.717) is 0 Å². The van der Waals surface area contributed by atoms with Crippen LogP contribution in [0.1, 0.15) is 131 Å². The van der Waals surface area contributed by atoms with Gasteiger partial charge >= 0.3 is 0 Å². The Hall–Kier alpha value is -5.58. The van der Waals surface area contributed by atoms with Crippen LogP contribution in [0.15, 0.2) is 140 Å². The van der Waals surface area contributed by atoms with Gasteiger partial charge in [-0.05, 0) is 141 Å². The molecule has 0 amide bonds. The topological polar surface area (TPSA) is 6.48 Å². The van der Waals surface area contributed by atoms with Crippen LogP contribution in [0.5, 0.6) is 0 Å². The molecule has 0 bridgehead atoms. The van der Waals surface area contributed by atoms with Crippen LogP contribution >= 0.6 is 11.3 Å². The molecule has 0 spiro atoms. The molecular weight excluding hydrogens is 816 g/mol. The van der Waals surface area contributed by atoms with Gasteiger partial charge < -0.3 is 9.80 Å². The zero-order chi connectivity index (χ0) is 46.5. The summed E-state index contributed by atoms with van der Waals surface area (Å²) >= 11 is 1.93. The maximum Gasteiger partial charge on any atom is 0.252 e. The Morgan fingerprint density at radius 1 is 0.409 bits per heavy atom. The second-order valence-electron chi connectivity index (χ2n) is 21.9. The Morgan fingerprint density at radius 2 is 0.879 bits per heavy atom. The minimum absolute atomic E-state index is 0.00879. The fourth-order valence-electron chi connectivity index (χ4n) is 10.5. The quantitative estimate of drug-likeness (QED) is 0.119. The van der Waals surface area contributed by atoms with Gasteiger partial charge in [0.05, 0.1) is 5.69 Å². The Morgan fingerprint density at radius 3 is 1.47 bits per heavy atom. The SMILES string of the molecule is CCC(C)(C)c1ccc(N2c3ccc(C(C)(C)CC)cc3B3c4cc(C(C)(C)CC)ccc4N(c4ccc(C(C)(C)CC)cc4-c4cccc5c4sc4ccccc45)c4cccc2c43)cc1. The third kappa shape index (κ3) is 6.96. The van der Waals surface area contributed by atoms with Crippen LogP contribution in [0, 0.1) is 0 Å². The van der Waals surface area contributed by atoms with E-state index >= 15 is 0 Å². The molecule has 1 aromatic heterocycles. The van der Waals surface area contributed by atoms with Gasteiger partial charge in [-0.3, -0.25) is 0 Å². The van der Waals surface area contributed by atoms with E-state index in [1.54, 1.807) is 0 Å². The minimum atomic E-state index is 0.00879. The van der Waals surface area contributed by atoms with E-state index in [-0.39, 0.29) is 28.4 Å². The number of hydrogen-bond donors (Lipinski definition) is 0. The molecule has 0 aliphatic carbocycles. The van der Waals surface area contributed by atoms with Crippen LogP contribution in [0.2, 0.25) is 0 Å². The van der Waals surface area contributed by atoms with Gasteiger partial charge in [0.15, 0.2) is 0 Å². The van der Waals surface area contributed by atoms with Crippen molar-refractivity contribution in [3.8, 4) is 11.1 Å². The molecule has 0 fully saturated rings. The Kier molecular flexibility index (Phi) is 10.8. The van der Waals surface area contributed by atoms with E-state index in [9.17, 15) is 0 Å². The first kappa shape index (κ1) is 44.3. The minimum Gasteiger partial charge on any atom is -0.311 e. The van der Waals surface area contributed by atoms with Gasteiger partial charge in [-0.15, -0.1) is 11.3 Å². The number of anilines is 6. The van der Waals surface area contributed by atoms with Gasteiger partial charge in [0.25, 0.3) is 6.71 Å². The first-order valence-corrected chi connectivity index (χ1v) is 25.5. The molecule has 0 atom stereocenters. The number of thiophene rings is 1. The predicted molar refractivity (Wildman–Crippen MR) is 292 cm³/mol. The van der Waals surface area contributed by atoms with Crippen LogP contribution in [-0.4, -0.2) is 6.71 Å². The summed E-state index contributed by atoms with van der Waals surface area (Å²) in [6.45, 7) is 28.5. The zero-order valence-corrected chi connectivity index (χ0v) is 42.3. The number of rotatable bonds is 11. The molecule has 0 unspecified atom stereocenters. The molecule has 2 aliphatic rings. The van der Waals surface area contributed by atoms with Gasteiger partial charge in [0, 0.05) is 59.7 Å². The summed E-state index contributed by atoms with van der Waals surface area (Å²) < 4.78 is 2.68. The summed E-state index contributed by atoms with van der Waals surface area (Å²) in [7, 11) is 0. The van der Waals surface area contributed by atoms with Crippen molar-refractivity contribution < 1.29 is 0 Å². The Labute approximate surface area is 399 Å². The molecule has 3 heterocycles. The average Bonchev–Trinajstić information content (AvgIpc) is 3.72. The lowest BCUT2D eigenvalue weighted by molar-refractivity contribution is 0.506. The van der Waals surface area contributed by atoms with E-state index < -0.39 is 0 Å². The molecule has 10 rings (SSSR count). The van der Waals surface area contributed by atoms with Crippen molar-refractivity contribution in [1.29, 1.82) is 0 Å². The van der Waals surface area contributed by atoms with Crippen molar-refractivity contribution in [1.82, 2.24) is 0 Å². The van der Waals surface area contributed by atoms with Gasteiger partial charge in [-0.25, -0.2) is 0 Å². The lowest BCUT2D eigenvalue weighted by Gasteiger charge is -2.45. The Bertz CT molecular complexity index is 3160. The molecule has 0 radical (unpaired) electrons. The third-order valence-corrected chi connectivity index (χ3v) is 17.9. The molecular formula is C62H67BN2S. The second-order valence-corrected chi connectivity index (χ2v) is 22.9. The summed E-state index contributed by atoms with van der Waals surface area (Å²) in [5.41, 5.74) is 19.8. The molecule has 334 valence electrons. The number of benzene rings is 7.